The highest BCUT2D eigenvalue weighted by Gasteiger charge is 2.22. The zero-order chi connectivity index (χ0) is 19.6. The van der Waals surface area contributed by atoms with Crippen LogP contribution in [0.3, 0.4) is 0 Å². The number of halogens is 2. The number of nitrogens with zero attached hydrogens (tertiary/aromatic N) is 2. The van der Waals surface area contributed by atoms with E-state index in [4.69, 9.17) is 23.2 Å². The van der Waals surface area contributed by atoms with Crippen molar-refractivity contribution in [3.63, 3.8) is 0 Å². The molecular weight excluding hydrogens is 429 g/mol. The van der Waals surface area contributed by atoms with Crippen LogP contribution in [0.1, 0.15) is 10.4 Å². The van der Waals surface area contributed by atoms with Gasteiger partial charge in [0.05, 0.1) is 15.6 Å². The van der Waals surface area contributed by atoms with E-state index in [1.54, 1.807) is 29.6 Å². The van der Waals surface area contributed by atoms with Gasteiger partial charge in [0.25, 0.3) is 11.6 Å². The summed E-state index contributed by atoms with van der Waals surface area (Å²) in [5.41, 5.74) is 0.899. The van der Waals surface area contributed by atoms with Gasteiger partial charge in [-0.05, 0) is 36.6 Å². The highest BCUT2D eigenvalue weighted by atomic mass is 35.5. The van der Waals surface area contributed by atoms with Crippen molar-refractivity contribution in [2.45, 2.75) is 4.90 Å². The fraction of sp³-hybridized carbons (Fsp3) is 0.0588. The monoisotopic (exact) mass is 439 g/mol. The highest BCUT2D eigenvalue weighted by molar-refractivity contribution is 7.98. The van der Waals surface area contributed by atoms with Gasteiger partial charge in [0.1, 0.15) is 5.56 Å². The number of thioether (sulfide) groups is 1. The van der Waals surface area contributed by atoms with E-state index < -0.39 is 10.8 Å². The fourth-order valence-corrected chi connectivity index (χ4v) is 3.83. The van der Waals surface area contributed by atoms with Crippen LogP contribution in [0, 0.1) is 10.1 Å². The molecular formula is C17H11Cl2N3O3S2. The first-order valence-electron chi connectivity index (χ1n) is 7.43. The third kappa shape index (κ3) is 4.41. The lowest BCUT2D eigenvalue weighted by Crippen LogP contribution is -2.14. The molecule has 0 saturated heterocycles. The molecule has 0 aliphatic heterocycles. The van der Waals surface area contributed by atoms with Gasteiger partial charge >= 0.3 is 0 Å². The third-order valence-corrected chi connectivity index (χ3v) is 5.62. The molecule has 10 heteroatoms. The maximum absolute atomic E-state index is 12.6. The van der Waals surface area contributed by atoms with Gasteiger partial charge in [0.15, 0.2) is 5.13 Å². The maximum Gasteiger partial charge on any atom is 0.282 e. The van der Waals surface area contributed by atoms with E-state index in [0.29, 0.717) is 26.4 Å². The number of carbonyl (C=O) groups excluding carboxylic acids is 1. The molecule has 3 rings (SSSR count). The summed E-state index contributed by atoms with van der Waals surface area (Å²) < 4.78 is 0. The summed E-state index contributed by atoms with van der Waals surface area (Å²) >= 11 is 14.7. The number of anilines is 1. The van der Waals surface area contributed by atoms with Crippen LogP contribution in [0.4, 0.5) is 10.8 Å². The van der Waals surface area contributed by atoms with Crippen LogP contribution < -0.4 is 5.32 Å². The van der Waals surface area contributed by atoms with Crippen LogP contribution >= 0.6 is 46.3 Å². The van der Waals surface area contributed by atoms with Crippen molar-refractivity contribution in [1.82, 2.24) is 4.98 Å². The number of hydrogen-bond donors (Lipinski definition) is 1. The van der Waals surface area contributed by atoms with Gasteiger partial charge in [-0.1, -0.05) is 23.2 Å². The number of hydrogen-bond acceptors (Lipinski definition) is 6. The van der Waals surface area contributed by atoms with E-state index in [1.807, 2.05) is 6.26 Å². The molecule has 1 aromatic heterocycles. The molecule has 3 aromatic rings. The van der Waals surface area contributed by atoms with Crippen LogP contribution in [0.25, 0.3) is 11.3 Å². The van der Waals surface area contributed by atoms with Crippen LogP contribution in [-0.4, -0.2) is 22.1 Å². The number of nitro benzene ring substituents is 1. The van der Waals surface area contributed by atoms with Gasteiger partial charge in [-0.3, -0.25) is 20.2 Å². The van der Waals surface area contributed by atoms with Crippen molar-refractivity contribution in [1.29, 1.82) is 0 Å². The van der Waals surface area contributed by atoms with Gasteiger partial charge in [-0.2, -0.15) is 0 Å². The third-order valence-electron chi connectivity index (χ3n) is 3.57. The average Bonchev–Trinajstić information content (AvgIpc) is 3.11. The Labute approximate surface area is 172 Å². The first-order valence-corrected chi connectivity index (χ1v) is 10.3. The van der Waals surface area contributed by atoms with Gasteiger partial charge in [-0.25, -0.2) is 4.98 Å². The second-order valence-electron chi connectivity index (χ2n) is 5.26. The smallest absolute Gasteiger partial charge is 0.282 e. The zero-order valence-electron chi connectivity index (χ0n) is 13.7. The van der Waals surface area contributed by atoms with Crippen LogP contribution in [0.5, 0.6) is 0 Å². The Morgan fingerprint density at radius 1 is 1.26 bits per heavy atom. The Morgan fingerprint density at radius 3 is 2.74 bits per heavy atom. The molecule has 0 unspecified atom stereocenters. The first kappa shape index (κ1) is 19.6. The predicted octanol–water partition coefficient (Wildman–Crippen LogP) is 6.00. The minimum Gasteiger partial charge on any atom is -0.298 e. The molecule has 138 valence electrons. The van der Waals surface area contributed by atoms with E-state index in [-0.39, 0.29) is 11.3 Å². The van der Waals surface area contributed by atoms with Gasteiger partial charge in [0, 0.05) is 26.9 Å². The van der Waals surface area contributed by atoms with Crippen molar-refractivity contribution >= 4 is 63.0 Å². The molecule has 0 aliphatic rings. The highest BCUT2D eigenvalue weighted by Crippen LogP contribution is 2.33. The second-order valence-corrected chi connectivity index (χ2v) is 7.84. The standard InChI is InChI=1S/C17H11Cl2N3O3S2/c1-26-10-3-5-15(22(24)25)12(7-10)16(23)21-17-20-14(8-27-17)11-6-9(18)2-4-13(11)19/h2-8H,1H3,(H,20,21,23). The van der Waals surface area contributed by atoms with E-state index in [2.05, 4.69) is 10.3 Å². The maximum atomic E-state index is 12.6. The van der Waals surface area contributed by atoms with Crippen molar-refractivity contribution in [3.8, 4) is 11.3 Å². The minimum atomic E-state index is -0.601. The Bertz CT molecular complexity index is 1040. The summed E-state index contributed by atoms with van der Waals surface area (Å²) in [6.07, 6.45) is 1.82. The number of rotatable bonds is 5. The topological polar surface area (TPSA) is 85.1 Å². The first-order chi connectivity index (χ1) is 12.9. The lowest BCUT2D eigenvalue weighted by molar-refractivity contribution is -0.385. The van der Waals surface area contributed by atoms with Crippen molar-refractivity contribution in [3.05, 3.63) is 67.5 Å². The van der Waals surface area contributed by atoms with Crippen LogP contribution in [-0.2, 0) is 0 Å². The summed E-state index contributed by atoms with van der Waals surface area (Å²) in [4.78, 5) is 28.3. The lowest BCUT2D eigenvalue weighted by Gasteiger charge is -2.05. The summed E-state index contributed by atoms with van der Waals surface area (Å²) in [5.74, 6) is -0.601. The second kappa shape index (κ2) is 8.26. The molecule has 1 amide bonds. The summed E-state index contributed by atoms with van der Waals surface area (Å²) in [5, 5.41) is 16.8. The molecule has 0 bridgehead atoms. The van der Waals surface area contributed by atoms with Crippen molar-refractivity contribution < 1.29 is 9.72 Å². The van der Waals surface area contributed by atoms with Gasteiger partial charge in [0.2, 0.25) is 0 Å². The molecule has 0 aliphatic carbocycles. The number of nitro groups is 1. The zero-order valence-corrected chi connectivity index (χ0v) is 16.9. The molecule has 27 heavy (non-hydrogen) atoms. The van der Waals surface area contributed by atoms with E-state index in [0.717, 1.165) is 4.90 Å². The van der Waals surface area contributed by atoms with Crippen LogP contribution in [0.2, 0.25) is 10.0 Å². The largest absolute Gasteiger partial charge is 0.298 e. The number of thiazole rings is 1. The Morgan fingerprint density at radius 2 is 2.04 bits per heavy atom. The number of aromatic nitrogens is 1. The predicted molar refractivity (Wildman–Crippen MR) is 110 cm³/mol. The van der Waals surface area contributed by atoms with Crippen molar-refractivity contribution in [2.75, 3.05) is 11.6 Å². The Kier molecular flexibility index (Phi) is 6.01. The quantitative estimate of drug-likeness (QED) is 0.299. The molecule has 6 nitrogen and oxygen atoms in total. The molecule has 0 spiro atoms. The number of nitrogens with one attached hydrogen (secondary N) is 1. The molecule has 1 N–H and O–H groups in total. The molecule has 1 heterocycles. The van der Waals surface area contributed by atoms with E-state index in [9.17, 15) is 14.9 Å². The fourth-order valence-electron chi connectivity index (χ4n) is 2.30. The van der Waals surface area contributed by atoms with Gasteiger partial charge in [-0.15, -0.1) is 23.1 Å². The van der Waals surface area contributed by atoms with Gasteiger partial charge < -0.3 is 0 Å². The molecule has 2 aromatic carbocycles. The molecule has 0 fully saturated rings. The molecule has 0 atom stereocenters. The Balaban J connectivity index is 1.89. The lowest BCUT2D eigenvalue weighted by atomic mass is 10.1. The van der Waals surface area contributed by atoms with Crippen molar-refractivity contribution in [2.24, 2.45) is 0 Å². The molecule has 0 saturated carbocycles. The van der Waals surface area contributed by atoms with E-state index in [1.165, 1.54) is 35.2 Å². The molecule has 0 radical (unpaired) electrons. The SMILES string of the molecule is CSc1ccc([N+](=O)[O-])c(C(=O)Nc2nc(-c3cc(Cl)ccc3Cl)cs2)c1. The summed E-state index contributed by atoms with van der Waals surface area (Å²) in [6.45, 7) is 0. The normalized spacial score (nSPS) is 10.6. The number of benzene rings is 2. The van der Waals surface area contributed by atoms with Crippen LogP contribution in [0.15, 0.2) is 46.7 Å². The summed E-state index contributed by atoms with van der Waals surface area (Å²) in [7, 11) is 0. The van der Waals surface area contributed by atoms with E-state index >= 15 is 0 Å². The number of carbonyl (C=O) groups is 1. The Hall–Kier alpha value is -2.13. The summed E-state index contributed by atoms with van der Waals surface area (Å²) in [6, 6.07) is 9.41. The minimum absolute atomic E-state index is 0.0237. The number of amides is 1. The average molecular weight is 440 g/mol.